The van der Waals surface area contributed by atoms with E-state index in [2.05, 4.69) is 0 Å². The summed E-state index contributed by atoms with van der Waals surface area (Å²) in [6, 6.07) is 2.96. The van der Waals surface area contributed by atoms with Gasteiger partial charge in [-0.15, -0.1) is 0 Å². The highest BCUT2D eigenvalue weighted by molar-refractivity contribution is 5.36. The molecule has 1 aromatic carbocycles. The summed E-state index contributed by atoms with van der Waals surface area (Å²) in [4.78, 5) is 0. The van der Waals surface area contributed by atoms with Crippen molar-refractivity contribution in [2.75, 3.05) is 0 Å². The lowest BCUT2D eigenvalue weighted by atomic mass is 10.1. The quantitative estimate of drug-likeness (QED) is 0.743. The van der Waals surface area contributed by atoms with Crippen LogP contribution in [0.5, 0.6) is 5.75 Å². The average Bonchev–Trinajstić information content (AvgIpc) is 2.08. The fourth-order valence-electron chi connectivity index (χ4n) is 1.03. The van der Waals surface area contributed by atoms with E-state index in [1.165, 1.54) is 18.2 Å². The first-order valence-electron chi connectivity index (χ1n) is 3.85. The molecular weight excluding hydrogens is 176 g/mol. The Morgan fingerprint density at radius 3 is 2.46 bits per heavy atom. The molecule has 0 heterocycles. The number of aromatic hydroxyl groups is 1. The highest BCUT2D eigenvalue weighted by Crippen LogP contribution is 2.23. The molecule has 1 aromatic rings. The maximum atomic E-state index is 12.2. The van der Waals surface area contributed by atoms with Gasteiger partial charge in [0.2, 0.25) is 0 Å². The lowest BCUT2D eigenvalue weighted by Crippen LogP contribution is -2.18. The monoisotopic (exact) mass is 187 g/mol. The van der Waals surface area contributed by atoms with E-state index >= 15 is 0 Å². The van der Waals surface area contributed by atoms with Gasteiger partial charge in [0, 0.05) is 0 Å². The van der Waals surface area contributed by atoms with Crippen LogP contribution in [0.3, 0.4) is 0 Å². The Balaban J connectivity index is 2.97. The van der Waals surface area contributed by atoms with E-state index in [0.717, 1.165) is 0 Å². The summed E-state index contributed by atoms with van der Waals surface area (Å²) >= 11 is 0. The molecule has 1 rings (SSSR count). The molecule has 0 radical (unpaired) electrons. The lowest BCUT2D eigenvalue weighted by Gasteiger charge is -2.11. The normalized spacial score (nSPS) is 13.3. The molecule has 0 aliphatic rings. The summed E-state index contributed by atoms with van der Waals surface area (Å²) in [5, 5.41) is 9.14. The minimum Gasteiger partial charge on any atom is -0.508 e. The molecule has 0 aliphatic heterocycles. The van der Waals surface area contributed by atoms with Crippen molar-refractivity contribution in [3.05, 3.63) is 29.3 Å². The summed E-state index contributed by atoms with van der Waals surface area (Å²) in [5.41, 5.74) is 6.11. The van der Waals surface area contributed by atoms with Gasteiger partial charge in [-0.25, -0.2) is 8.78 Å². The van der Waals surface area contributed by atoms with Crippen LogP contribution >= 0.6 is 0 Å². The van der Waals surface area contributed by atoms with Gasteiger partial charge in [-0.2, -0.15) is 0 Å². The Morgan fingerprint density at radius 1 is 1.38 bits per heavy atom. The molecule has 0 saturated heterocycles. The number of hydrogen-bond donors (Lipinski definition) is 2. The van der Waals surface area contributed by atoms with Crippen LogP contribution in [0.15, 0.2) is 18.2 Å². The maximum Gasteiger partial charge on any atom is 0.257 e. The maximum absolute atomic E-state index is 12.2. The molecular formula is C9H11F2NO. The fraction of sp³-hybridized carbons (Fsp3) is 0.333. The molecule has 3 N–H and O–H groups in total. The van der Waals surface area contributed by atoms with Crippen molar-refractivity contribution in [3.8, 4) is 5.75 Å². The third-order valence-corrected chi connectivity index (χ3v) is 1.88. The molecule has 1 atom stereocenters. The van der Waals surface area contributed by atoms with Crippen LogP contribution in [0.1, 0.15) is 17.2 Å². The van der Waals surface area contributed by atoms with Gasteiger partial charge in [-0.05, 0) is 24.1 Å². The standard InChI is InChI=1S/C9H11F2NO/c1-5-4-6(2-3-7(5)13)8(12)9(10)11/h2-4,8-9,13H,12H2,1H3/t8-/m0/s1. The van der Waals surface area contributed by atoms with Crippen molar-refractivity contribution < 1.29 is 13.9 Å². The molecule has 0 saturated carbocycles. The Labute approximate surface area is 75.0 Å². The molecule has 0 fully saturated rings. The van der Waals surface area contributed by atoms with Crippen LogP contribution in [0.4, 0.5) is 8.78 Å². The SMILES string of the molecule is Cc1cc([C@H](N)C(F)F)ccc1O. The molecule has 0 bridgehead atoms. The number of benzene rings is 1. The smallest absolute Gasteiger partial charge is 0.257 e. The summed E-state index contributed by atoms with van der Waals surface area (Å²) in [5.74, 6) is 0.0882. The third kappa shape index (κ3) is 2.15. The second-order valence-electron chi connectivity index (χ2n) is 2.91. The first-order chi connectivity index (χ1) is 6.02. The number of hydrogen-bond acceptors (Lipinski definition) is 2. The van der Waals surface area contributed by atoms with Crippen molar-refractivity contribution in [1.82, 2.24) is 0 Å². The van der Waals surface area contributed by atoms with E-state index in [1.54, 1.807) is 6.92 Å². The molecule has 13 heavy (non-hydrogen) atoms. The second kappa shape index (κ2) is 3.70. The van der Waals surface area contributed by atoms with Crippen molar-refractivity contribution in [2.45, 2.75) is 19.4 Å². The summed E-state index contributed by atoms with van der Waals surface area (Å²) in [7, 11) is 0. The van der Waals surface area contributed by atoms with Gasteiger partial charge >= 0.3 is 0 Å². The van der Waals surface area contributed by atoms with E-state index < -0.39 is 12.5 Å². The molecule has 2 nitrogen and oxygen atoms in total. The molecule has 0 amide bonds. The van der Waals surface area contributed by atoms with Gasteiger partial charge in [-0.1, -0.05) is 12.1 Å². The van der Waals surface area contributed by atoms with E-state index in [-0.39, 0.29) is 5.75 Å². The van der Waals surface area contributed by atoms with Gasteiger partial charge < -0.3 is 10.8 Å². The lowest BCUT2D eigenvalue weighted by molar-refractivity contribution is 0.116. The van der Waals surface area contributed by atoms with Gasteiger partial charge in [0.25, 0.3) is 6.43 Å². The van der Waals surface area contributed by atoms with Crippen LogP contribution in [0.25, 0.3) is 0 Å². The first kappa shape index (κ1) is 9.92. The number of alkyl halides is 2. The van der Waals surface area contributed by atoms with Crippen LogP contribution in [-0.2, 0) is 0 Å². The van der Waals surface area contributed by atoms with Gasteiger partial charge in [-0.3, -0.25) is 0 Å². The first-order valence-corrected chi connectivity index (χ1v) is 3.85. The molecule has 0 unspecified atom stereocenters. The predicted octanol–water partition coefficient (Wildman–Crippen LogP) is 1.97. The Morgan fingerprint density at radius 2 is 2.00 bits per heavy atom. The summed E-state index contributed by atoms with van der Waals surface area (Å²) < 4.78 is 24.3. The largest absolute Gasteiger partial charge is 0.508 e. The van der Waals surface area contributed by atoms with E-state index in [0.29, 0.717) is 11.1 Å². The zero-order valence-electron chi connectivity index (χ0n) is 7.17. The number of aryl methyl sites for hydroxylation is 1. The zero-order chi connectivity index (χ0) is 10.0. The molecule has 72 valence electrons. The second-order valence-corrected chi connectivity index (χ2v) is 2.91. The fourth-order valence-corrected chi connectivity index (χ4v) is 1.03. The van der Waals surface area contributed by atoms with Crippen LogP contribution in [0, 0.1) is 6.92 Å². The van der Waals surface area contributed by atoms with E-state index in [9.17, 15) is 8.78 Å². The number of nitrogens with two attached hydrogens (primary N) is 1. The molecule has 0 spiro atoms. The molecule has 0 aromatic heterocycles. The Bertz CT molecular complexity index is 302. The van der Waals surface area contributed by atoms with Crippen molar-refractivity contribution in [3.63, 3.8) is 0 Å². The number of rotatable bonds is 2. The van der Waals surface area contributed by atoms with E-state index in [1.807, 2.05) is 0 Å². The average molecular weight is 187 g/mol. The molecule has 4 heteroatoms. The van der Waals surface area contributed by atoms with Crippen LogP contribution in [-0.4, -0.2) is 11.5 Å². The summed E-state index contributed by atoms with van der Waals surface area (Å²) in [6.07, 6.45) is -2.58. The third-order valence-electron chi connectivity index (χ3n) is 1.88. The van der Waals surface area contributed by atoms with Crippen molar-refractivity contribution >= 4 is 0 Å². The Hall–Kier alpha value is -1.16. The van der Waals surface area contributed by atoms with Gasteiger partial charge in [0.1, 0.15) is 5.75 Å². The number of phenolic OH excluding ortho intramolecular Hbond substituents is 1. The predicted molar refractivity (Wildman–Crippen MR) is 45.8 cm³/mol. The van der Waals surface area contributed by atoms with Crippen LogP contribution < -0.4 is 5.73 Å². The number of halogens is 2. The summed E-state index contributed by atoms with van der Waals surface area (Å²) in [6.45, 7) is 1.64. The van der Waals surface area contributed by atoms with Crippen LogP contribution in [0.2, 0.25) is 0 Å². The van der Waals surface area contributed by atoms with Gasteiger partial charge in [0.15, 0.2) is 0 Å². The Kier molecular flexibility index (Phi) is 2.83. The van der Waals surface area contributed by atoms with Crippen molar-refractivity contribution in [2.24, 2.45) is 5.73 Å². The van der Waals surface area contributed by atoms with E-state index in [4.69, 9.17) is 10.8 Å². The molecule has 0 aliphatic carbocycles. The van der Waals surface area contributed by atoms with Crippen molar-refractivity contribution in [1.29, 1.82) is 0 Å². The number of phenols is 1. The zero-order valence-corrected chi connectivity index (χ0v) is 7.17. The topological polar surface area (TPSA) is 46.2 Å². The highest BCUT2D eigenvalue weighted by atomic mass is 19.3. The minimum absolute atomic E-state index is 0.0882. The van der Waals surface area contributed by atoms with Gasteiger partial charge in [0.05, 0.1) is 6.04 Å². The highest BCUT2D eigenvalue weighted by Gasteiger charge is 2.17. The minimum atomic E-state index is -2.58.